The fourth-order valence-electron chi connectivity index (χ4n) is 4.08. The minimum atomic E-state index is -4.79. The largest absolute Gasteiger partial charge is 0.508 e. The van der Waals surface area contributed by atoms with Crippen LogP contribution in [0.25, 0.3) is 5.76 Å². The van der Waals surface area contributed by atoms with Crippen molar-refractivity contribution in [3.8, 4) is 0 Å². The molecule has 35 heavy (non-hydrogen) atoms. The Hall–Kier alpha value is -3.41. The normalized spacial score (nSPS) is 20.1. The molecule has 2 aliphatic rings. The molecule has 1 spiro atoms. The Bertz CT molecular complexity index is 1250. The van der Waals surface area contributed by atoms with Crippen molar-refractivity contribution in [1.82, 2.24) is 15.1 Å². The Morgan fingerprint density at radius 3 is 2.49 bits per heavy atom. The van der Waals surface area contributed by atoms with E-state index >= 15 is 0 Å². The first kappa shape index (κ1) is 24.7. The number of carbonyl (C=O) groups excluding carboxylic acids is 3. The lowest BCUT2D eigenvalue weighted by molar-refractivity contribution is -0.187. The van der Waals surface area contributed by atoms with E-state index in [1.807, 2.05) is 0 Å². The predicted octanol–water partition coefficient (Wildman–Crippen LogP) is 4.23. The SMILES string of the molecule is C[C@H](N(Cc1ccc(F)cc1)C(=O)CN1C(=O)N[C@]2(C=C(O)c3cc(Br)ccc32)C1=O)C(F)(F)F. The number of nitrogens with zero attached hydrogens (tertiary/aromatic N) is 2. The number of nitrogens with one attached hydrogen (secondary N) is 1. The number of carbonyl (C=O) groups is 3. The number of aliphatic hydroxyl groups excluding tert-OH is 1. The van der Waals surface area contributed by atoms with Crippen LogP contribution < -0.4 is 5.32 Å². The number of alkyl halides is 3. The van der Waals surface area contributed by atoms with Crippen molar-refractivity contribution in [2.24, 2.45) is 0 Å². The summed E-state index contributed by atoms with van der Waals surface area (Å²) in [6.45, 7) is -0.707. The predicted molar refractivity (Wildman–Crippen MR) is 119 cm³/mol. The van der Waals surface area contributed by atoms with E-state index in [1.165, 1.54) is 18.2 Å². The molecule has 2 atom stereocenters. The summed E-state index contributed by atoms with van der Waals surface area (Å²) in [6, 6.07) is 5.97. The molecule has 1 fully saturated rings. The minimum Gasteiger partial charge on any atom is -0.508 e. The highest BCUT2D eigenvalue weighted by Crippen LogP contribution is 2.42. The number of imide groups is 1. The van der Waals surface area contributed by atoms with E-state index in [-0.39, 0.29) is 22.4 Å². The van der Waals surface area contributed by atoms with Gasteiger partial charge in [0.15, 0.2) is 5.54 Å². The lowest BCUT2D eigenvalue weighted by Crippen LogP contribution is -2.51. The zero-order valence-electron chi connectivity index (χ0n) is 18.1. The van der Waals surface area contributed by atoms with Crippen LogP contribution in [-0.4, -0.2) is 51.5 Å². The number of urea groups is 1. The molecule has 2 aromatic rings. The van der Waals surface area contributed by atoms with Gasteiger partial charge < -0.3 is 15.3 Å². The lowest BCUT2D eigenvalue weighted by Gasteiger charge is -2.32. The van der Waals surface area contributed by atoms with Crippen LogP contribution in [-0.2, 0) is 21.7 Å². The van der Waals surface area contributed by atoms with E-state index in [0.29, 0.717) is 14.3 Å². The van der Waals surface area contributed by atoms with Gasteiger partial charge in [-0.1, -0.05) is 34.1 Å². The van der Waals surface area contributed by atoms with Crippen molar-refractivity contribution in [3.05, 3.63) is 75.5 Å². The Morgan fingerprint density at radius 2 is 1.86 bits per heavy atom. The van der Waals surface area contributed by atoms with Crippen molar-refractivity contribution in [2.45, 2.75) is 31.2 Å². The highest BCUT2D eigenvalue weighted by Gasteiger charge is 2.56. The third-order valence-electron chi connectivity index (χ3n) is 5.99. The monoisotopic (exact) mass is 555 g/mol. The Balaban J connectivity index is 1.62. The van der Waals surface area contributed by atoms with Gasteiger partial charge in [-0.05, 0) is 42.8 Å². The second-order valence-electron chi connectivity index (χ2n) is 8.21. The van der Waals surface area contributed by atoms with Gasteiger partial charge in [-0.15, -0.1) is 0 Å². The van der Waals surface area contributed by atoms with Crippen molar-refractivity contribution >= 4 is 39.5 Å². The second kappa shape index (κ2) is 8.67. The van der Waals surface area contributed by atoms with Crippen LogP contribution in [0.2, 0.25) is 0 Å². The van der Waals surface area contributed by atoms with Gasteiger partial charge >= 0.3 is 12.2 Å². The average Bonchev–Trinajstić information content (AvgIpc) is 3.19. The molecule has 2 N–H and O–H groups in total. The maximum atomic E-state index is 13.5. The van der Waals surface area contributed by atoms with Crippen LogP contribution in [0.1, 0.15) is 23.6 Å². The Morgan fingerprint density at radius 1 is 1.20 bits per heavy atom. The number of benzene rings is 2. The van der Waals surface area contributed by atoms with E-state index in [0.717, 1.165) is 25.1 Å². The van der Waals surface area contributed by atoms with Gasteiger partial charge in [0.25, 0.3) is 5.91 Å². The molecule has 12 heteroatoms. The Kier molecular flexibility index (Phi) is 6.12. The van der Waals surface area contributed by atoms with Crippen LogP contribution in [0.3, 0.4) is 0 Å². The van der Waals surface area contributed by atoms with Crippen LogP contribution in [0.4, 0.5) is 22.4 Å². The summed E-state index contributed by atoms with van der Waals surface area (Å²) in [4.78, 5) is 40.0. The van der Waals surface area contributed by atoms with Gasteiger partial charge in [0, 0.05) is 22.1 Å². The third-order valence-corrected chi connectivity index (χ3v) is 6.48. The lowest BCUT2D eigenvalue weighted by atomic mass is 9.92. The summed E-state index contributed by atoms with van der Waals surface area (Å²) in [6.07, 6.45) is -3.66. The molecular weight excluding hydrogens is 538 g/mol. The molecular formula is C23H18BrF4N3O4. The summed E-state index contributed by atoms with van der Waals surface area (Å²) >= 11 is 3.25. The molecule has 0 unspecified atom stereocenters. The number of hydrogen-bond acceptors (Lipinski definition) is 4. The van der Waals surface area contributed by atoms with Gasteiger partial charge in [-0.25, -0.2) is 9.18 Å². The van der Waals surface area contributed by atoms with E-state index < -0.39 is 54.5 Å². The number of amides is 4. The second-order valence-corrected chi connectivity index (χ2v) is 9.13. The van der Waals surface area contributed by atoms with Crippen LogP contribution in [0, 0.1) is 5.82 Å². The standard InChI is InChI=1S/C23H18BrF4N3O4/c1-12(23(26,27)28)30(10-13-2-5-15(25)6-3-13)19(33)11-31-20(34)22(29-21(31)35)9-18(32)16-8-14(24)4-7-17(16)22/h2-9,12,32H,10-11H2,1H3,(H,29,35)/t12-,22-/m0/s1. The first-order valence-electron chi connectivity index (χ1n) is 10.3. The molecule has 0 saturated carbocycles. The first-order valence-corrected chi connectivity index (χ1v) is 11.1. The summed E-state index contributed by atoms with van der Waals surface area (Å²) in [5, 5.41) is 12.8. The van der Waals surface area contributed by atoms with Crippen LogP contribution in [0.15, 0.2) is 53.0 Å². The highest BCUT2D eigenvalue weighted by molar-refractivity contribution is 9.10. The molecule has 2 aromatic carbocycles. The maximum Gasteiger partial charge on any atom is 0.408 e. The third kappa shape index (κ3) is 4.38. The van der Waals surface area contributed by atoms with Crippen LogP contribution >= 0.6 is 15.9 Å². The number of aliphatic hydroxyl groups is 1. The number of hydrogen-bond donors (Lipinski definition) is 2. The van der Waals surface area contributed by atoms with Crippen molar-refractivity contribution in [1.29, 1.82) is 0 Å². The topological polar surface area (TPSA) is 90.0 Å². The molecule has 0 radical (unpaired) electrons. The number of fused-ring (bicyclic) bond motifs is 2. The molecule has 1 aliphatic heterocycles. The first-order chi connectivity index (χ1) is 16.3. The molecule has 4 rings (SSSR count). The smallest absolute Gasteiger partial charge is 0.408 e. The summed E-state index contributed by atoms with van der Waals surface area (Å²) in [7, 11) is 0. The quantitative estimate of drug-likeness (QED) is 0.427. The summed E-state index contributed by atoms with van der Waals surface area (Å²) in [5.74, 6) is -2.92. The maximum absolute atomic E-state index is 13.5. The zero-order valence-corrected chi connectivity index (χ0v) is 19.7. The van der Waals surface area contributed by atoms with E-state index in [2.05, 4.69) is 21.2 Å². The van der Waals surface area contributed by atoms with Crippen molar-refractivity contribution in [2.75, 3.05) is 6.54 Å². The number of rotatable bonds is 5. The molecule has 1 saturated heterocycles. The fraction of sp³-hybridized carbons (Fsp3) is 0.261. The van der Waals surface area contributed by atoms with Crippen LogP contribution in [0.5, 0.6) is 0 Å². The molecule has 7 nitrogen and oxygen atoms in total. The average molecular weight is 556 g/mol. The van der Waals surface area contributed by atoms with Crippen molar-refractivity contribution in [3.63, 3.8) is 0 Å². The van der Waals surface area contributed by atoms with Gasteiger partial charge in [0.2, 0.25) is 5.91 Å². The Labute approximate surface area is 205 Å². The van der Waals surface area contributed by atoms with Gasteiger partial charge in [-0.3, -0.25) is 14.5 Å². The van der Waals surface area contributed by atoms with E-state index in [9.17, 15) is 37.1 Å². The molecule has 0 bridgehead atoms. The number of halogens is 5. The molecule has 184 valence electrons. The van der Waals surface area contributed by atoms with E-state index in [4.69, 9.17) is 0 Å². The van der Waals surface area contributed by atoms with Gasteiger partial charge in [0.1, 0.15) is 24.2 Å². The van der Waals surface area contributed by atoms with Gasteiger partial charge in [0.05, 0.1) is 0 Å². The molecule has 1 heterocycles. The summed E-state index contributed by atoms with van der Waals surface area (Å²) < 4.78 is 54.4. The molecule has 1 aliphatic carbocycles. The van der Waals surface area contributed by atoms with E-state index in [1.54, 1.807) is 12.1 Å². The summed E-state index contributed by atoms with van der Waals surface area (Å²) in [5.41, 5.74) is -1.01. The molecule has 0 aromatic heterocycles. The highest BCUT2D eigenvalue weighted by atomic mass is 79.9. The van der Waals surface area contributed by atoms with Gasteiger partial charge in [-0.2, -0.15) is 13.2 Å². The minimum absolute atomic E-state index is 0.229. The fourth-order valence-corrected chi connectivity index (χ4v) is 4.44. The van der Waals surface area contributed by atoms with Crippen molar-refractivity contribution < 1.29 is 37.1 Å². The molecule has 4 amide bonds. The zero-order chi connectivity index (χ0) is 25.7.